The van der Waals surface area contributed by atoms with Gasteiger partial charge in [-0.1, -0.05) is 53.2 Å². The molecular weight excluding hydrogens is 416 g/mol. The first-order chi connectivity index (χ1) is 16.1. The molecule has 0 spiro atoms. The third-order valence-corrected chi connectivity index (χ3v) is 5.70. The van der Waals surface area contributed by atoms with Crippen molar-refractivity contribution in [2.75, 3.05) is 16.8 Å². The minimum atomic E-state index is -0.400. The second kappa shape index (κ2) is 8.70. The van der Waals surface area contributed by atoms with Crippen molar-refractivity contribution in [1.82, 2.24) is 10.1 Å². The van der Waals surface area contributed by atoms with Crippen LogP contribution < -0.4 is 10.2 Å². The summed E-state index contributed by atoms with van der Waals surface area (Å²) in [6.45, 7) is 2.37. The summed E-state index contributed by atoms with van der Waals surface area (Å²) < 4.78 is 5.39. The van der Waals surface area contributed by atoms with E-state index in [1.54, 1.807) is 17.0 Å². The number of nitrogens with zero attached hydrogens (tertiary/aromatic N) is 3. The molecule has 1 aromatic heterocycles. The maximum absolute atomic E-state index is 12.8. The zero-order valence-corrected chi connectivity index (χ0v) is 18.1. The zero-order valence-electron chi connectivity index (χ0n) is 18.1. The van der Waals surface area contributed by atoms with E-state index in [1.165, 1.54) is 0 Å². The van der Waals surface area contributed by atoms with Crippen molar-refractivity contribution in [3.63, 3.8) is 0 Å². The molecule has 33 heavy (non-hydrogen) atoms. The van der Waals surface area contributed by atoms with Crippen LogP contribution in [-0.4, -0.2) is 28.5 Å². The van der Waals surface area contributed by atoms with Crippen LogP contribution in [0.1, 0.15) is 12.0 Å². The first-order valence-corrected chi connectivity index (χ1v) is 10.7. The molecule has 2 amide bonds. The SMILES string of the molecule is Cc1ccc(N2CC(C(=O)Nc3ccc(-c4nc(-c5ccccc5)no4)cc3)CC2=O)cc1. The predicted molar refractivity (Wildman–Crippen MR) is 125 cm³/mol. The van der Waals surface area contributed by atoms with Crippen LogP contribution in [0, 0.1) is 12.8 Å². The van der Waals surface area contributed by atoms with Gasteiger partial charge in [0.25, 0.3) is 5.89 Å². The van der Waals surface area contributed by atoms with Crippen molar-refractivity contribution < 1.29 is 14.1 Å². The van der Waals surface area contributed by atoms with E-state index in [0.29, 0.717) is 23.9 Å². The van der Waals surface area contributed by atoms with Crippen LogP contribution in [0.5, 0.6) is 0 Å². The van der Waals surface area contributed by atoms with Crippen molar-refractivity contribution in [2.24, 2.45) is 5.92 Å². The second-order valence-electron chi connectivity index (χ2n) is 8.10. The number of anilines is 2. The van der Waals surface area contributed by atoms with Crippen LogP contribution in [0.3, 0.4) is 0 Å². The van der Waals surface area contributed by atoms with E-state index >= 15 is 0 Å². The monoisotopic (exact) mass is 438 g/mol. The number of rotatable bonds is 5. The van der Waals surface area contributed by atoms with Crippen molar-refractivity contribution in [3.05, 3.63) is 84.4 Å². The fourth-order valence-electron chi connectivity index (χ4n) is 3.84. The van der Waals surface area contributed by atoms with Crippen molar-refractivity contribution in [2.45, 2.75) is 13.3 Å². The molecule has 0 radical (unpaired) electrons. The zero-order chi connectivity index (χ0) is 22.8. The van der Waals surface area contributed by atoms with Gasteiger partial charge in [0.2, 0.25) is 17.6 Å². The highest BCUT2D eigenvalue weighted by molar-refractivity contribution is 6.03. The quantitative estimate of drug-likeness (QED) is 0.488. The van der Waals surface area contributed by atoms with Gasteiger partial charge in [0.15, 0.2) is 0 Å². The fourth-order valence-corrected chi connectivity index (χ4v) is 3.84. The molecule has 1 unspecified atom stereocenters. The highest BCUT2D eigenvalue weighted by atomic mass is 16.5. The lowest BCUT2D eigenvalue weighted by Crippen LogP contribution is -2.28. The number of benzene rings is 3. The number of carbonyl (C=O) groups is 2. The Labute approximate surface area is 191 Å². The number of carbonyl (C=O) groups excluding carboxylic acids is 2. The Hall–Kier alpha value is -4.26. The first kappa shape index (κ1) is 20.6. The Kier molecular flexibility index (Phi) is 5.44. The predicted octanol–water partition coefficient (Wildman–Crippen LogP) is 4.70. The van der Waals surface area contributed by atoms with E-state index in [2.05, 4.69) is 15.5 Å². The average Bonchev–Trinajstić information content (AvgIpc) is 3.48. The van der Waals surface area contributed by atoms with Gasteiger partial charge in [-0.2, -0.15) is 4.98 Å². The third-order valence-electron chi connectivity index (χ3n) is 5.70. The second-order valence-corrected chi connectivity index (χ2v) is 8.10. The molecule has 7 heteroatoms. The summed E-state index contributed by atoms with van der Waals surface area (Å²) in [5.41, 5.74) is 4.22. The number of aromatic nitrogens is 2. The van der Waals surface area contributed by atoms with Gasteiger partial charge in [0, 0.05) is 35.5 Å². The fraction of sp³-hybridized carbons (Fsp3) is 0.154. The van der Waals surface area contributed by atoms with Crippen molar-refractivity contribution in [1.29, 1.82) is 0 Å². The lowest BCUT2D eigenvalue weighted by Gasteiger charge is -2.17. The molecule has 1 fully saturated rings. The van der Waals surface area contributed by atoms with Crippen LogP contribution in [0.4, 0.5) is 11.4 Å². The van der Waals surface area contributed by atoms with Gasteiger partial charge in [-0.3, -0.25) is 9.59 Å². The van der Waals surface area contributed by atoms with Gasteiger partial charge in [-0.05, 0) is 43.3 Å². The van der Waals surface area contributed by atoms with Gasteiger partial charge in [0.05, 0.1) is 5.92 Å². The minimum Gasteiger partial charge on any atom is -0.334 e. The number of aryl methyl sites for hydroxylation is 1. The van der Waals surface area contributed by atoms with Gasteiger partial charge >= 0.3 is 0 Å². The van der Waals surface area contributed by atoms with Gasteiger partial charge < -0.3 is 14.7 Å². The number of hydrogen-bond donors (Lipinski definition) is 1. The number of nitrogens with one attached hydrogen (secondary N) is 1. The summed E-state index contributed by atoms with van der Waals surface area (Å²) in [5.74, 6) is 0.312. The standard InChI is InChI=1S/C26H22N4O3/c1-17-7-13-22(14-8-17)30-16-20(15-23(30)31)25(32)27-21-11-9-19(10-12-21)26-28-24(29-33-26)18-5-3-2-4-6-18/h2-14,20H,15-16H2,1H3,(H,27,32). The molecule has 164 valence electrons. The van der Waals surface area contributed by atoms with Gasteiger partial charge in [0.1, 0.15) is 0 Å². The summed E-state index contributed by atoms with van der Waals surface area (Å²) in [4.78, 5) is 31.4. The smallest absolute Gasteiger partial charge is 0.258 e. The van der Waals surface area contributed by atoms with Crippen molar-refractivity contribution in [3.8, 4) is 22.8 Å². The van der Waals surface area contributed by atoms with Gasteiger partial charge in [-0.15, -0.1) is 0 Å². The maximum atomic E-state index is 12.8. The Morgan fingerprint density at radius 1 is 0.970 bits per heavy atom. The van der Waals surface area contributed by atoms with E-state index in [4.69, 9.17) is 4.52 Å². The molecule has 1 aliphatic heterocycles. The minimum absolute atomic E-state index is 0.0417. The van der Waals surface area contributed by atoms with E-state index in [1.807, 2.05) is 73.7 Å². The van der Waals surface area contributed by atoms with Crippen LogP contribution in [0.25, 0.3) is 22.8 Å². The normalized spacial score (nSPS) is 15.6. The lowest BCUT2D eigenvalue weighted by molar-refractivity contribution is -0.122. The molecule has 0 bridgehead atoms. The topological polar surface area (TPSA) is 88.3 Å². The molecule has 1 aliphatic rings. The molecule has 5 rings (SSSR count). The summed E-state index contributed by atoms with van der Waals surface area (Å²) in [5, 5.41) is 6.95. The highest BCUT2D eigenvalue weighted by Crippen LogP contribution is 2.27. The molecule has 3 aromatic carbocycles. The Morgan fingerprint density at radius 3 is 2.42 bits per heavy atom. The average molecular weight is 438 g/mol. The number of hydrogen-bond acceptors (Lipinski definition) is 5. The first-order valence-electron chi connectivity index (χ1n) is 10.7. The van der Waals surface area contributed by atoms with Gasteiger partial charge in [-0.25, -0.2) is 0 Å². The Bertz CT molecular complexity index is 1280. The Balaban J connectivity index is 1.23. The van der Waals surface area contributed by atoms with E-state index < -0.39 is 5.92 Å². The molecule has 2 heterocycles. The molecule has 1 saturated heterocycles. The molecule has 4 aromatic rings. The molecule has 0 saturated carbocycles. The Morgan fingerprint density at radius 2 is 1.70 bits per heavy atom. The van der Waals surface area contributed by atoms with Crippen molar-refractivity contribution >= 4 is 23.2 Å². The summed E-state index contributed by atoms with van der Waals surface area (Å²) in [6, 6.07) is 24.5. The molecule has 1 atom stereocenters. The summed E-state index contributed by atoms with van der Waals surface area (Å²) in [6.07, 6.45) is 0.196. The van der Waals surface area contributed by atoms with E-state index in [0.717, 1.165) is 22.4 Å². The summed E-state index contributed by atoms with van der Waals surface area (Å²) in [7, 11) is 0. The highest BCUT2D eigenvalue weighted by Gasteiger charge is 2.35. The molecular formula is C26H22N4O3. The number of amides is 2. The third kappa shape index (κ3) is 4.39. The molecule has 1 N–H and O–H groups in total. The van der Waals surface area contributed by atoms with E-state index in [-0.39, 0.29) is 18.2 Å². The van der Waals surface area contributed by atoms with Crippen LogP contribution in [-0.2, 0) is 9.59 Å². The van der Waals surface area contributed by atoms with Crippen LogP contribution in [0.2, 0.25) is 0 Å². The largest absolute Gasteiger partial charge is 0.334 e. The summed E-state index contributed by atoms with van der Waals surface area (Å²) >= 11 is 0. The van der Waals surface area contributed by atoms with Crippen LogP contribution in [0.15, 0.2) is 83.4 Å². The van der Waals surface area contributed by atoms with Crippen LogP contribution >= 0.6 is 0 Å². The molecule has 7 nitrogen and oxygen atoms in total. The van der Waals surface area contributed by atoms with E-state index in [9.17, 15) is 9.59 Å². The lowest BCUT2D eigenvalue weighted by atomic mass is 10.1. The molecule has 0 aliphatic carbocycles. The maximum Gasteiger partial charge on any atom is 0.258 e.